The third-order valence-electron chi connectivity index (χ3n) is 8.00. The number of unbranched alkanes of at least 4 members (excludes halogenated alkanes) is 1. The summed E-state index contributed by atoms with van der Waals surface area (Å²) in [6, 6.07) is 22.6. The third-order valence-corrected chi connectivity index (χ3v) is 8.00. The molecular formula is C39H46ClN3O6. The fraction of sp³-hybridized carbons (Fsp3) is 0.308. The van der Waals surface area contributed by atoms with E-state index in [2.05, 4.69) is 48.1 Å². The molecule has 0 aliphatic rings. The number of amides is 2. The molecule has 4 rings (SSSR count). The Morgan fingerprint density at radius 2 is 1.39 bits per heavy atom. The lowest BCUT2D eigenvalue weighted by atomic mass is 9.92. The molecule has 0 saturated heterocycles. The second kappa shape index (κ2) is 19.8. The van der Waals surface area contributed by atoms with Gasteiger partial charge in [-0.3, -0.25) is 9.59 Å². The van der Waals surface area contributed by atoms with Gasteiger partial charge in [0.2, 0.25) is 11.8 Å². The SMILES string of the molecule is C=CCOc1ccc2ccccc2c1-c1c(OCCCC(=O)N[C@H](CCCCN)C(=O)N[C@H](CC=C)C(=O)OC)ccc2ccccc12.Cl. The molecule has 0 saturated carbocycles. The van der Waals surface area contributed by atoms with E-state index in [4.69, 9.17) is 19.9 Å². The zero-order valence-electron chi connectivity index (χ0n) is 28.0. The average Bonchev–Trinajstić information content (AvgIpc) is 3.11. The molecule has 0 aliphatic carbocycles. The van der Waals surface area contributed by atoms with Crippen molar-refractivity contribution in [3.63, 3.8) is 0 Å². The number of rotatable bonds is 19. The summed E-state index contributed by atoms with van der Waals surface area (Å²) in [4.78, 5) is 38.3. The number of ether oxygens (including phenoxy) is 3. The van der Waals surface area contributed by atoms with Gasteiger partial charge in [-0.25, -0.2) is 4.79 Å². The maximum Gasteiger partial charge on any atom is 0.328 e. The van der Waals surface area contributed by atoms with Crippen LogP contribution in [0, 0.1) is 0 Å². The van der Waals surface area contributed by atoms with Crippen LogP contribution < -0.4 is 25.8 Å². The molecule has 0 aliphatic heterocycles. The molecule has 0 unspecified atom stereocenters. The van der Waals surface area contributed by atoms with E-state index in [1.54, 1.807) is 6.08 Å². The maximum atomic E-state index is 13.1. The van der Waals surface area contributed by atoms with Crippen LogP contribution in [-0.2, 0) is 19.1 Å². The van der Waals surface area contributed by atoms with E-state index >= 15 is 0 Å². The Balaban J connectivity index is 0.00000650. The van der Waals surface area contributed by atoms with Crippen molar-refractivity contribution >= 4 is 51.7 Å². The minimum atomic E-state index is -0.886. The second-order valence-corrected chi connectivity index (χ2v) is 11.4. The van der Waals surface area contributed by atoms with Gasteiger partial charge in [0.05, 0.1) is 13.7 Å². The minimum absolute atomic E-state index is 0. The number of esters is 1. The van der Waals surface area contributed by atoms with Gasteiger partial charge in [-0.2, -0.15) is 0 Å². The van der Waals surface area contributed by atoms with Crippen molar-refractivity contribution in [3.05, 3.63) is 98.1 Å². The number of nitrogens with one attached hydrogen (secondary N) is 2. The monoisotopic (exact) mass is 687 g/mol. The fourth-order valence-electron chi connectivity index (χ4n) is 5.65. The zero-order valence-corrected chi connectivity index (χ0v) is 28.8. The highest BCUT2D eigenvalue weighted by molar-refractivity contribution is 6.09. The van der Waals surface area contributed by atoms with Crippen LogP contribution in [0.25, 0.3) is 32.7 Å². The normalized spacial score (nSPS) is 11.9. The molecule has 4 aromatic carbocycles. The molecule has 0 aromatic heterocycles. The van der Waals surface area contributed by atoms with Crippen molar-refractivity contribution in [1.82, 2.24) is 10.6 Å². The topological polar surface area (TPSA) is 129 Å². The van der Waals surface area contributed by atoms with Gasteiger partial charge < -0.3 is 30.6 Å². The largest absolute Gasteiger partial charge is 0.493 e. The maximum absolute atomic E-state index is 13.1. The highest BCUT2D eigenvalue weighted by Gasteiger charge is 2.26. The first-order chi connectivity index (χ1) is 23.4. The lowest BCUT2D eigenvalue weighted by molar-refractivity contribution is -0.145. The first kappa shape index (κ1) is 38.6. The van der Waals surface area contributed by atoms with Crippen molar-refractivity contribution in [1.29, 1.82) is 0 Å². The number of hydrogen-bond acceptors (Lipinski definition) is 7. The quantitative estimate of drug-likeness (QED) is 0.0572. The van der Waals surface area contributed by atoms with Crippen LogP contribution in [0.3, 0.4) is 0 Å². The van der Waals surface area contributed by atoms with Gasteiger partial charge >= 0.3 is 5.97 Å². The average molecular weight is 688 g/mol. The molecular weight excluding hydrogens is 642 g/mol. The Kier molecular flexibility index (Phi) is 15.6. The van der Waals surface area contributed by atoms with Crippen molar-refractivity contribution in [3.8, 4) is 22.6 Å². The van der Waals surface area contributed by atoms with Crippen LogP contribution in [-0.4, -0.2) is 56.7 Å². The molecule has 0 radical (unpaired) electrons. The van der Waals surface area contributed by atoms with E-state index in [1.807, 2.05) is 48.5 Å². The Hall–Kier alpha value is -4.86. The van der Waals surface area contributed by atoms with E-state index < -0.39 is 24.0 Å². The first-order valence-electron chi connectivity index (χ1n) is 16.3. The number of benzene rings is 4. The van der Waals surface area contributed by atoms with Crippen LogP contribution >= 0.6 is 12.4 Å². The molecule has 0 heterocycles. The summed E-state index contributed by atoms with van der Waals surface area (Å²) >= 11 is 0. The molecule has 4 N–H and O–H groups in total. The van der Waals surface area contributed by atoms with Gasteiger partial charge in [-0.05, 0) is 72.3 Å². The summed E-state index contributed by atoms with van der Waals surface area (Å²) in [6.45, 7) is 8.55. The van der Waals surface area contributed by atoms with Crippen molar-refractivity contribution in [2.24, 2.45) is 5.73 Å². The molecule has 2 atom stereocenters. The van der Waals surface area contributed by atoms with E-state index in [1.165, 1.54) is 13.2 Å². The van der Waals surface area contributed by atoms with Crippen LogP contribution in [0.1, 0.15) is 38.5 Å². The standard InChI is InChI=1S/C39H45N3O6.ClH/c1-4-13-32(39(45)46-3)42-38(44)31(18-10-11-24-40)41-35(43)19-12-26-48-34-23-21-28-15-7-9-17-30(28)37(34)36-29-16-8-6-14-27(29)20-22-33(36)47-25-5-2;/h4-9,14-17,20-23,31-32H,1-2,10-13,18-19,24-26,40H2,3H3,(H,41,43)(H,42,44);1H/t31-,32-;/m1./s1. The molecule has 0 spiro atoms. The molecule has 0 bridgehead atoms. The molecule has 9 nitrogen and oxygen atoms in total. The highest BCUT2D eigenvalue weighted by Crippen LogP contribution is 2.45. The van der Waals surface area contributed by atoms with Crippen LogP contribution in [0.2, 0.25) is 0 Å². The lowest BCUT2D eigenvalue weighted by Gasteiger charge is -2.22. The van der Waals surface area contributed by atoms with Crippen LogP contribution in [0.5, 0.6) is 11.5 Å². The number of fused-ring (bicyclic) bond motifs is 2. The van der Waals surface area contributed by atoms with E-state index in [-0.39, 0.29) is 37.8 Å². The summed E-state index contributed by atoms with van der Waals surface area (Å²) < 4.78 is 17.4. The van der Waals surface area contributed by atoms with Gasteiger partial charge in [0.25, 0.3) is 0 Å². The lowest BCUT2D eigenvalue weighted by Crippen LogP contribution is -2.51. The number of methoxy groups -OCH3 is 1. The van der Waals surface area contributed by atoms with E-state index in [0.29, 0.717) is 44.6 Å². The minimum Gasteiger partial charge on any atom is -0.493 e. The van der Waals surface area contributed by atoms with Crippen molar-refractivity contribution < 1.29 is 28.6 Å². The van der Waals surface area contributed by atoms with Gasteiger partial charge in [-0.15, -0.1) is 19.0 Å². The van der Waals surface area contributed by atoms with E-state index in [9.17, 15) is 14.4 Å². The molecule has 4 aromatic rings. The highest BCUT2D eigenvalue weighted by atomic mass is 35.5. The first-order valence-corrected chi connectivity index (χ1v) is 16.3. The summed E-state index contributed by atoms with van der Waals surface area (Å²) in [5, 5.41) is 9.70. The number of carbonyl (C=O) groups is 3. The molecule has 49 heavy (non-hydrogen) atoms. The molecule has 260 valence electrons. The van der Waals surface area contributed by atoms with Crippen LogP contribution in [0.4, 0.5) is 0 Å². The molecule has 2 amide bonds. The fourth-order valence-corrected chi connectivity index (χ4v) is 5.65. The summed E-state index contributed by atoms with van der Waals surface area (Å²) in [5.74, 6) is 0.0556. The number of nitrogens with two attached hydrogens (primary N) is 1. The van der Waals surface area contributed by atoms with Gasteiger partial charge in [-0.1, -0.05) is 79.4 Å². The second-order valence-electron chi connectivity index (χ2n) is 11.4. The van der Waals surface area contributed by atoms with Crippen molar-refractivity contribution in [2.75, 3.05) is 26.9 Å². The third kappa shape index (κ3) is 10.3. The van der Waals surface area contributed by atoms with Gasteiger partial charge in [0, 0.05) is 17.5 Å². The predicted octanol–water partition coefficient (Wildman–Crippen LogP) is 6.65. The Morgan fingerprint density at radius 3 is 1.96 bits per heavy atom. The van der Waals surface area contributed by atoms with Crippen molar-refractivity contribution in [2.45, 2.75) is 50.6 Å². The van der Waals surface area contributed by atoms with Crippen LogP contribution in [0.15, 0.2) is 98.1 Å². The Labute approximate surface area is 294 Å². The summed E-state index contributed by atoms with van der Waals surface area (Å²) in [5.41, 5.74) is 7.48. The Bertz CT molecular complexity index is 1740. The predicted molar refractivity (Wildman–Crippen MR) is 198 cm³/mol. The molecule has 0 fully saturated rings. The van der Waals surface area contributed by atoms with Gasteiger partial charge in [0.1, 0.15) is 30.2 Å². The number of halogens is 1. The number of hydrogen-bond donors (Lipinski definition) is 3. The van der Waals surface area contributed by atoms with E-state index in [0.717, 1.165) is 38.4 Å². The summed E-state index contributed by atoms with van der Waals surface area (Å²) in [7, 11) is 1.26. The smallest absolute Gasteiger partial charge is 0.328 e. The molecule has 10 heteroatoms. The summed E-state index contributed by atoms with van der Waals surface area (Å²) in [6.07, 6.45) is 5.72. The number of carbonyl (C=O) groups excluding carboxylic acids is 3. The Morgan fingerprint density at radius 1 is 0.776 bits per heavy atom. The zero-order chi connectivity index (χ0) is 34.3. The van der Waals surface area contributed by atoms with Gasteiger partial charge in [0.15, 0.2) is 0 Å².